The van der Waals surface area contributed by atoms with Gasteiger partial charge >= 0.3 is 6.09 Å². The summed E-state index contributed by atoms with van der Waals surface area (Å²) in [6.45, 7) is 0. The van der Waals surface area contributed by atoms with Crippen LogP contribution in [0.3, 0.4) is 0 Å². The first-order valence-corrected chi connectivity index (χ1v) is 3.39. The van der Waals surface area contributed by atoms with Crippen molar-refractivity contribution < 1.29 is 19.7 Å². The Kier molecular flexibility index (Phi) is 2.78. The third-order valence-corrected chi connectivity index (χ3v) is 1.25. The van der Waals surface area contributed by atoms with Crippen LogP contribution in [0.4, 0.5) is 4.79 Å². The van der Waals surface area contributed by atoms with Crippen LogP contribution in [-0.2, 0) is 0 Å². The second kappa shape index (κ2) is 3.83. The van der Waals surface area contributed by atoms with Gasteiger partial charge in [0.15, 0.2) is 12.0 Å². The number of ether oxygens (including phenoxy) is 1. The van der Waals surface area contributed by atoms with Crippen LogP contribution in [0.5, 0.6) is 5.75 Å². The van der Waals surface area contributed by atoms with Gasteiger partial charge in [-0.2, -0.15) is 0 Å². The molecule has 70 valence electrons. The molecule has 6 nitrogen and oxygen atoms in total. The highest BCUT2D eigenvalue weighted by Gasteiger charge is 2.12. The largest absolute Gasteiger partial charge is 0.410 e. The zero-order chi connectivity index (χ0) is 9.84. The molecule has 1 rings (SSSR count). The average molecular weight is 184 g/mol. The van der Waals surface area contributed by atoms with Gasteiger partial charge in [0.05, 0.1) is 0 Å². The van der Waals surface area contributed by atoms with Gasteiger partial charge in [0.1, 0.15) is 5.69 Å². The number of pyridine rings is 1. The van der Waals surface area contributed by atoms with Crippen molar-refractivity contribution in [2.24, 2.45) is 5.73 Å². The summed E-state index contributed by atoms with van der Waals surface area (Å²) < 4.78 is 4.46. The van der Waals surface area contributed by atoms with E-state index in [4.69, 9.17) is 15.9 Å². The van der Waals surface area contributed by atoms with Crippen molar-refractivity contribution in [1.82, 2.24) is 4.98 Å². The van der Waals surface area contributed by atoms with Gasteiger partial charge in [-0.25, -0.2) is 4.79 Å². The second-order valence-corrected chi connectivity index (χ2v) is 2.18. The molecule has 0 unspecified atom stereocenters. The van der Waals surface area contributed by atoms with Gasteiger partial charge in [-0.15, -0.1) is 0 Å². The van der Waals surface area contributed by atoms with Gasteiger partial charge in [0.2, 0.25) is 0 Å². The van der Waals surface area contributed by atoms with Crippen LogP contribution in [0.1, 0.15) is 12.0 Å². The Balaban J connectivity index is 2.97. The molecular formula is C7H8N2O4. The smallest absolute Gasteiger partial charge is 0.408 e. The summed E-state index contributed by atoms with van der Waals surface area (Å²) in [4.78, 5) is 14.0. The first kappa shape index (κ1) is 9.43. The maximum Gasteiger partial charge on any atom is 0.410 e. The molecule has 0 spiro atoms. The fourth-order valence-corrected chi connectivity index (χ4v) is 0.791. The molecule has 0 aromatic carbocycles. The molecule has 1 amide bonds. The zero-order valence-electron chi connectivity index (χ0n) is 6.54. The van der Waals surface area contributed by atoms with Gasteiger partial charge in [0.25, 0.3) is 0 Å². The van der Waals surface area contributed by atoms with E-state index in [2.05, 4.69) is 9.72 Å². The highest BCUT2D eigenvalue weighted by Crippen LogP contribution is 2.20. The maximum atomic E-state index is 10.4. The predicted octanol–water partition coefficient (Wildman–Crippen LogP) is -0.478. The lowest BCUT2D eigenvalue weighted by Crippen LogP contribution is -2.18. The summed E-state index contributed by atoms with van der Waals surface area (Å²) >= 11 is 0. The third kappa shape index (κ3) is 2.39. The number of hydrogen-bond acceptors (Lipinski definition) is 5. The Labute approximate surface area is 73.6 Å². The summed E-state index contributed by atoms with van der Waals surface area (Å²) in [5, 5.41) is 17.6. The predicted molar refractivity (Wildman–Crippen MR) is 41.6 cm³/mol. The molecule has 1 aromatic heterocycles. The monoisotopic (exact) mass is 184 g/mol. The minimum absolute atomic E-state index is 0.0648. The minimum atomic E-state index is -1.80. The first-order valence-electron chi connectivity index (χ1n) is 3.39. The van der Waals surface area contributed by atoms with Crippen molar-refractivity contribution in [3.8, 4) is 5.75 Å². The number of primary amides is 1. The number of aliphatic hydroxyl groups is 2. The molecule has 1 heterocycles. The third-order valence-electron chi connectivity index (χ3n) is 1.25. The molecule has 13 heavy (non-hydrogen) atoms. The van der Waals surface area contributed by atoms with Gasteiger partial charge in [-0.3, -0.25) is 4.98 Å². The Hall–Kier alpha value is -1.66. The first-order chi connectivity index (χ1) is 6.11. The lowest BCUT2D eigenvalue weighted by Gasteiger charge is -2.07. The number of nitrogens with zero attached hydrogens (tertiary/aromatic N) is 1. The number of hydrogen-bond donors (Lipinski definition) is 3. The van der Waals surface area contributed by atoms with Gasteiger partial charge in [-0.05, 0) is 12.1 Å². The SMILES string of the molecule is NC(=O)Oc1cccnc1C(O)O. The molecule has 1 aromatic rings. The van der Waals surface area contributed by atoms with E-state index in [1.807, 2.05) is 0 Å². The summed E-state index contributed by atoms with van der Waals surface area (Å²) in [6, 6.07) is 2.83. The fraction of sp³-hybridized carbons (Fsp3) is 0.143. The van der Waals surface area contributed by atoms with Crippen LogP contribution in [0.15, 0.2) is 18.3 Å². The van der Waals surface area contributed by atoms with Crippen molar-refractivity contribution in [2.45, 2.75) is 6.29 Å². The Morgan fingerprint density at radius 1 is 1.62 bits per heavy atom. The number of aliphatic hydroxyl groups excluding tert-OH is 1. The Morgan fingerprint density at radius 2 is 2.31 bits per heavy atom. The summed E-state index contributed by atoms with van der Waals surface area (Å²) in [5.41, 5.74) is 4.59. The molecule has 0 aliphatic heterocycles. The van der Waals surface area contributed by atoms with E-state index in [0.29, 0.717) is 0 Å². The highest BCUT2D eigenvalue weighted by molar-refractivity contribution is 5.68. The van der Waals surface area contributed by atoms with E-state index in [9.17, 15) is 4.79 Å². The topological polar surface area (TPSA) is 106 Å². The van der Waals surface area contributed by atoms with E-state index < -0.39 is 12.4 Å². The summed E-state index contributed by atoms with van der Waals surface area (Å²) in [6.07, 6.45) is -1.49. The fourth-order valence-electron chi connectivity index (χ4n) is 0.791. The van der Waals surface area contributed by atoms with Gasteiger partial charge < -0.3 is 20.7 Å². The van der Waals surface area contributed by atoms with E-state index in [0.717, 1.165) is 0 Å². The van der Waals surface area contributed by atoms with Crippen molar-refractivity contribution in [1.29, 1.82) is 0 Å². The van der Waals surface area contributed by atoms with Crippen LogP contribution < -0.4 is 10.5 Å². The average Bonchev–Trinajstić information content (AvgIpc) is 2.03. The molecule has 0 radical (unpaired) electrons. The van der Waals surface area contributed by atoms with Gasteiger partial charge in [-0.1, -0.05) is 0 Å². The van der Waals surface area contributed by atoms with Crippen LogP contribution in [0.25, 0.3) is 0 Å². The number of aromatic nitrogens is 1. The molecule has 0 fully saturated rings. The lowest BCUT2D eigenvalue weighted by atomic mass is 10.3. The van der Waals surface area contributed by atoms with Crippen LogP contribution in [0, 0.1) is 0 Å². The summed E-state index contributed by atoms with van der Waals surface area (Å²) in [7, 11) is 0. The number of amides is 1. The van der Waals surface area contributed by atoms with E-state index >= 15 is 0 Å². The van der Waals surface area contributed by atoms with Crippen LogP contribution in [-0.4, -0.2) is 21.3 Å². The molecule has 6 heteroatoms. The molecule has 0 saturated heterocycles. The van der Waals surface area contributed by atoms with E-state index in [1.165, 1.54) is 18.3 Å². The van der Waals surface area contributed by atoms with E-state index in [-0.39, 0.29) is 11.4 Å². The molecule has 0 aliphatic rings. The number of rotatable bonds is 2. The molecule has 0 aliphatic carbocycles. The molecule has 0 bridgehead atoms. The van der Waals surface area contributed by atoms with Crippen molar-refractivity contribution >= 4 is 6.09 Å². The van der Waals surface area contributed by atoms with Crippen molar-refractivity contribution in [2.75, 3.05) is 0 Å². The van der Waals surface area contributed by atoms with Crippen LogP contribution in [0.2, 0.25) is 0 Å². The molecule has 0 atom stereocenters. The number of carbonyl (C=O) groups excluding carboxylic acids is 1. The quantitative estimate of drug-likeness (QED) is 0.538. The Morgan fingerprint density at radius 3 is 2.85 bits per heavy atom. The molecular weight excluding hydrogens is 176 g/mol. The maximum absolute atomic E-state index is 10.4. The van der Waals surface area contributed by atoms with Crippen molar-refractivity contribution in [3.63, 3.8) is 0 Å². The summed E-state index contributed by atoms with van der Waals surface area (Å²) in [5.74, 6) is -0.0648. The lowest BCUT2D eigenvalue weighted by molar-refractivity contribution is -0.0470. The standard InChI is InChI=1S/C7H8N2O4/c8-7(12)13-4-2-1-3-9-5(4)6(10)11/h1-3,6,10-11H,(H2,8,12). The highest BCUT2D eigenvalue weighted by atomic mass is 16.6. The normalized spacial score (nSPS) is 10.1. The Bertz CT molecular complexity index is 313. The second-order valence-electron chi connectivity index (χ2n) is 2.18. The van der Waals surface area contributed by atoms with E-state index in [1.54, 1.807) is 0 Å². The zero-order valence-corrected chi connectivity index (χ0v) is 6.54. The van der Waals surface area contributed by atoms with Crippen LogP contribution >= 0.6 is 0 Å². The molecule has 4 N–H and O–H groups in total. The van der Waals surface area contributed by atoms with Crippen molar-refractivity contribution in [3.05, 3.63) is 24.0 Å². The number of nitrogens with two attached hydrogens (primary N) is 1. The van der Waals surface area contributed by atoms with Gasteiger partial charge in [0, 0.05) is 6.20 Å². The number of carbonyl (C=O) groups is 1. The molecule has 0 saturated carbocycles. The minimum Gasteiger partial charge on any atom is -0.408 e.